The lowest BCUT2D eigenvalue weighted by Crippen LogP contribution is -2.46. The second kappa shape index (κ2) is 7.60. The van der Waals surface area contributed by atoms with Crippen LogP contribution in [-0.4, -0.2) is 18.0 Å². The Bertz CT molecular complexity index is 440. The molecule has 0 aliphatic carbocycles. The van der Waals surface area contributed by atoms with Crippen molar-refractivity contribution in [2.45, 2.75) is 65.0 Å². The minimum atomic E-state index is -0.410. The highest BCUT2D eigenvalue weighted by Gasteiger charge is 2.25. The second-order valence-corrected chi connectivity index (χ2v) is 7.10. The average molecular weight is 290 g/mol. The van der Waals surface area contributed by atoms with E-state index in [4.69, 9.17) is 5.73 Å². The van der Waals surface area contributed by atoms with Gasteiger partial charge >= 0.3 is 0 Å². The smallest absolute Gasteiger partial charge is 0.237 e. The molecule has 0 spiro atoms. The highest BCUT2D eigenvalue weighted by atomic mass is 16.2. The summed E-state index contributed by atoms with van der Waals surface area (Å²) in [6.45, 7) is 10.6. The zero-order valence-corrected chi connectivity index (χ0v) is 14.0. The molecule has 0 fully saturated rings. The van der Waals surface area contributed by atoms with Gasteiger partial charge in [-0.1, -0.05) is 58.0 Å². The number of nitrogens with one attached hydrogen (secondary N) is 1. The van der Waals surface area contributed by atoms with Crippen molar-refractivity contribution in [1.82, 2.24) is 5.32 Å². The number of amides is 1. The van der Waals surface area contributed by atoms with E-state index in [0.717, 1.165) is 12.8 Å². The summed E-state index contributed by atoms with van der Waals surface area (Å²) in [6.07, 6.45) is 1.61. The zero-order valence-electron chi connectivity index (χ0n) is 14.0. The lowest BCUT2D eigenvalue weighted by molar-refractivity contribution is -0.123. The Balaban J connectivity index is 2.57. The molecule has 1 amide bonds. The zero-order chi connectivity index (χ0) is 16.0. The molecule has 0 aliphatic heterocycles. The van der Waals surface area contributed by atoms with E-state index in [0.29, 0.717) is 5.92 Å². The largest absolute Gasteiger partial charge is 0.352 e. The van der Waals surface area contributed by atoms with Crippen LogP contribution >= 0.6 is 0 Å². The summed E-state index contributed by atoms with van der Waals surface area (Å²) >= 11 is 0. The van der Waals surface area contributed by atoms with Gasteiger partial charge in [-0.15, -0.1) is 0 Å². The van der Waals surface area contributed by atoms with Crippen LogP contribution in [0.15, 0.2) is 30.3 Å². The molecule has 1 rings (SSSR count). The summed E-state index contributed by atoms with van der Waals surface area (Å²) in [7, 11) is 0. The van der Waals surface area contributed by atoms with Gasteiger partial charge in [0, 0.05) is 6.04 Å². The molecule has 0 saturated carbocycles. The number of carbonyl (C=O) groups is 1. The fourth-order valence-corrected chi connectivity index (χ4v) is 2.79. The van der Waals surface area contributed by atoms with Gasteiger partial charge in [-0.25, -0.2) is 0 Å². The van der Waals surface area contributed by atoms with E-state index >= 15 is 0 Å². The number of nitrogens with two attached hydrogens (primary N) is 1. The van der Waals surface area contributed by atoms with Crippen LogP contribution < -0.4 is 11.1 Å². The van der Waals surface area contributed by atoms with Crippen LogP contribution in [0.2, 0.25) is 0 Å². The predicted molar refractivity (Wildman–Crippen MR) is 89.1 cm³/mol. The van der Waals surface area contributed by atoms with Crippen molar-refractivity contribution in [2.75, 3.05) is 0 Å². The Kier molecular flexibility index (Phi) is 6.41. The van der Waals surface area contributed by atoms with Crippen LogP contribution in [0.5, 0.6) is 0 Å². The molecule has 1 unspecified atom stereocenters. The molecule has 118 valence electrons. The van der Waals surface area contributed by atoms with Crippen LogP contribution in [0.1, 0.15) is 53.0 Å². The van der Waals surface area contributed by atoms with Gasteiger partial charge in [0.05, 0.1) is 6.04 Å². The van der Waals surface area contributed by atoms with Crippen LogP contribution in [0, 0.1) is 5.92 Å². The van der Waals surface area contributed by atoms with Crippen LogP contribution in [0.4, 0.5) is 0 Å². The van der Waals surface area contributed by atoms with Crippen molar-refractivity contribution in [2.24, 2.45) is 11.7 Å². The van der Waals surface area contributed by atoms with Crippen LogP contribution in [0.25, 0.3) is 0 Å². The molecule has 2 atom stereocenters. The summed E-state index contributed by atoms with van der Waals surface area (Å²) in [5, 5.41) is 3.05. The van der Waals surface area contributed by atoms with E-state index < -0.39 is 6.04 Å². The lowest BCUT2D eigenvalue weighted by Gasteiger charge is -2.29. The first-order valence-electron chi connectivity index (χ1n) is 7.84. The predicted octanol–water partition coefficient (Wildman–Crippen LogP) is 3.23. The average Bonchev–Trinajstić information content (AvgIpc) is 2.38. The molecule has 3 heteroatoms. The Morgan fingerprint density at radius 3 is 2.29 bits per heavy atom. The SMILES string of the molecule is CC(C)C[C@H](N)C(=O)NC(C)CC(C)(C)c1ccccc1. The quantitative estimate of drug-likeness (QED) is 0.810. The van der Waals surface area contributed by atoms with Gasteiger partial charge in [0.15, 0.2) is 0 Å². The molecular weight excluding hydrogens is 260 g/mol. The molecule has 1 aromatic carbocycles. The van der Waals surface area contributed by atoms with Crippen molar-refractivity contribution >= 4 is 5.91 Å². The van der Waals surface area contributed by atoms with E-state index in [-0.39, 0.29) is 17.4 Å². The number of rotatable bonds is 7. The van der Waals surface area contributed by atoms with Gasteiger partial charge in [-0.2, -0.15) is 0 Å². The van der Waals surface area contributed by atoms with Gasteiger partial charge in [0.1, 0.15) is 0 Å². The fraction of sp³-hybridized carbons (Fsp3) is 0.611. The minimum Gasteiger partial charge on any atom is -0.352 e. The van der Waals surface area contributed by atoms with Crippen molar-refractivity contribution in [1.29, 1.82) is 0 Å². The number of hydrogen-bond acceptors (Lipinski definition) is 2. The Morgan fingerprint density at radius 1 is 1.19 bits per heavy atom. The molecule has 0 aliphatic rings. The van der Waals surface area contributed by atoms with Crippen molar-refractivity contribution in [3.63, 3.8) is 0 Å². The molecule has 0 aromatic heterocycles. The fourth-order valence-electron chi connectivity index (χ4n) is 2.79. The van der Waals surface area contributed by atoms with Crippen molar-refractivity contribution < 1.29 is 4.79 Å². The topological polar surface area (TPSA) is 55.1 Å². The van der Waals surface area contributed by atoms with Crippen molar-refractivity contribution in [3.8, 4) is 0 Å². The molecule has 0 bridgehead atoms. The summed E-state index contributed by atoms with van der Waals surface area (Å²) < 4.78 is 0. The molecule has 3 nitrogen and oxygen atoms in total. The van der Waals surface area contributed by atoms with Gasteiger partial charge in [0.2, 0.25) is 5.91 Å². The van der Waals surface area contributed by atoms with Gasteiger partial charge < -0.3 is 11.1 Å². The minimum absolute atomic E-state index is 0.0239. The van der Waals surface area contributed by atoms with E-state index in [9.17, 15) is 4.79 Å². The molecule has 3 N–H and O–H groups in total. The molecule has 0 radical (unpaired) electrons. The lowest BCUT2D eigenvalue weighted by atomic mass is 9.79. The normalized spacial score (nSPS) is 14.8. The third kappa shape index (κ3) is 5.88. The van der Waals surface area contributed by atoms with E-state index in [2.05, 4.69) is 57.3 Å². The summed E-state index contributed by atoms with van der Waals surface area (Å²) in [5.74, 6) is 0.391. The summed E-state index contributed by atoms with van der Waals surface area (Å²) in [5.41, 5.74) is 7.24. The maximum Gasteiger partial charge on any atom is 0.237 e. The maximum absolute atomic E-state index is 12.1. The van der Waals surface area contributed by atoms with Crippen LogP contribution in [0.3, 0.4) is 0 Å². The Morgan fingerprint density at radius 2 is 1.76 bits per heavy atom. The highest BCUT2D eigenvalue weighted by Crippen LogP contribution is 2.28. The Labute approximate surface area is 129 Å². The first-order chi connectivity index (χ1) is 9.72. The molecular formula is C18H30N2O. The number of hydrogen-bond donors (Lipinski definition) is 2. The first kappa shape index (κ1) is 17.7. The van der Waals surface area contributed by atoms with E-state index in [1.807, 2.05) is 13.0 Å². The monoisotopic (exact) mass is 290 g/mol. The van der Waals surface area contributed by atoms with E-state index in [1.54, 1.807) is 0 Å². The highest BCUT2D eigenvalue weighted by molar-refractivity contribution is 5.81. The molecule has 21 heavy (non-hydrogen) atoms. The van der Waals surface area contributed by atoms with Gasteiger partial charge in [-0.05, 0) is 36.7 Å². The third-order valence-corrected chi connectivity index (χ3v) is 3.82. The summed E-state index contributed by atoms with van der Waals surface area (Å²) in [4.78, 5) is 12.1. The molecule has 1 aromatic rings. The maximum atomic E-state index is 12.1. The first-order valence-corrected chi connectivity index (χ1v) is 7.84. The van der Waals surface area contributed by atoms with Crippen LogP contribution in [-0.2, 0) is 10.2 Å². The summed E-state index contributed by atoms with van der Waals surface area (Å²) in [6, 6.07) is 10.1. The standard InChI is InChI=1S/C18H30N2O/c1-13(2)11-16(19)17(21)20-14(3)12-18(4,5)15-9-7-6-8-10-15/h6-10,13-14,16H,11-12,19H2,1-5H3,(H,20,21)/t14?,16-/m0/s1. The molecule has 0 saturated heterocycles. The second-order valence-electron chi connectivity index (χ2n) is 7.10. The van der Waals surface area contributed by atoms with Crippen molar-refractivity contribution in [3.05, 3.63) is 35.9 Å². The van der Waals surface area contributed by atoms with Gasteiger partial charge in [-0.3, -0.25) is 4.79 Å². The van der Waals surface area contributed by atoms with E-state index in [1.165, 1.54) is 5.56 Å². The third-order valence-electron chi connectivity index (χ3n) is 3.82. The Hall–Kier alpha value is -1.35. The number of benzene rings is 1. The van der Waals surface area contributed by atoms with Gasteiger partial charge in [0.25, 0.3) is 0 Å². The molecule has 0 heterocycles. The number of carbonyl (C=O) groups excluding carboxylic acids is 1.